The zero-order valence-electron chi connectivity index (χ0n) is 14.2. The van der Waals surface area contributed by atoms with Gasteiger partial charge in [-0.2, -0.15) is 5.10 Å². The van der Waals surface area contributed by atoms with Crippen LogP contribution >= 0.6 is 24.0 Å². The highest BCUT2D eigenvalue weighted by Crippen LogP contribution is 2.22. The molecule has 124 valence electrons. The molecule has 0 spiro atoms. The highest BCUT2D eigenvalue weighted by atomic mass is 32.2. The summed E-state index contributed by atoms with van der Waals surface area (Å²) in [6, 6.07) is 15.0. The van der Waals surface area contributed by atoms with Crippen molar-refractivity contribution in [1.29, 1.82) is 0 Å². The monoisotopic (exact) mass is 355 g/mol. The number of aromatic amines is 1. The van der Waals surface area contributed by atoms with Gasteiger partial charge in [-0.3, -0.25) is 9.67 Å². The Hall–Kier alpha value is -1.85. The predicted octanol–water partition coefficient (Wildman–Crippen LogP) is 5.29. The minimum atomic E-state index is 0.645. The molecule has 5 heteroatoms. The standard InChI is InChI=1S/C19H21N3S2/c1-13-8-14(2)10-17(9-13)22-18(20-21-19(22)23)12-24-11-16-7-5-4-6-15(16)3/h4-10H,11-12H2,1-3H3,(H,21,23). The van der Waals surface area contributed by atoms with E-state index in [2.05, 4.69) is 73.4 Å². The van der Waals surface area contributed by atoms with Crippen molar-refractivity contribution < 1.29 is 0 Å². The topological polar surface area (TPSA) is 33.6 Å². The molecule has 1 aromatic heterocycles. The molecule has 0 saturated carbocycles. The Morgan fingerprint density at radius 2 is 1.75 bits per heavy atom. The van der Waals surface area contributed by atoms with E-state index in [0.717, 1.165) is 23.0 Å². The fourth-order valence-electron chi connectivity index (χ4n) is 2.80. The van der Waals surface area contributed by atoms with Gasteiger partial charge in [-0.15, -0.1) is 11.8 Å². The molecule has 0 saturated heterocycles. The van der Waals surface area contributed by atoms with Crippen LogP contribution < -0.4 is 0 Å². The second-order valence-electron chi connectivity index (χ2n) is 6.05. The van der Waals surface area contributed by atoms with E-state index in [0.29, 0.717) is 4.77 Å². The largest absolute Gasteiger partial charge is 0.271 e. The molecule has 0 fully saturated rings. The molecule has 0 unspecified atom stereocenters. The maximum atomic E-state index is 5.44. The van der Waals surface area contributed by atoms with Crippen LogP contribution in [0.5, 0.6) is 0 Å². The lowest BCUT2D eigenvalue weighted by Crippen LogP contribution is -2.01. The molecule has 3 rings (SSSR count). The van der Waals surface area contributed by atoms with E-state index >= 15 is 0 Å². The third-order valence-electron chi connectivity index (χ3n) is 3.96. The van der Waals surface area contributed by atoms with Gasteiger partial charge >= 0.3 is 0 Å². The van der Waals surface area contributed by atoms with Crippen molar-refractivity contribution in [3.63, 3.8) is 0 Å². The van der Waals surface area contributed by atoms with Gasteiger partial charge in [0.2, 0.25) is 0 Å². The van der Waals surface area contributed by atoms with Crippen molar-refractivity contribution >= 4 is 24.0 Å². The maximum absolute atomic E-state index is 5.44. The van der Waals surface area contributed by atoms with Gasteiger partial charge in [0.1, 0.15) is 5.82 Å². The fourth-order valence-corrected chi connectivity index (χ4v) is 4.08. The Bertz CT molecular complexity index is 889. The SMILES string of the molecule is Cc1cc(C)cc(-n2c(CSCc3ccccc3C)n[nH]c2=S)c1. The minimum absolute atomic E-state index is 0.645. The Balaban J connectivity index is 1.80. The Morgan fingerprint density at radius 3 is 2.46 bits per heavy atom. The van der Waals surface area contributed by atoms with Crippen LogP contribution in [-0.4, -0.2) is 14.8 Å². The first kappa shape index (κ1) is 17.0. The second-order valence-corrected chi connectivity index (χ2v) is 7.42. The molecule has 0 aliphatic rings. The molecule has 0 bridgehead atoms. The summed E-state index contributed by atoms with van der Waals surface area (Å²) in [5.74, 6) is 2.75. The molecule has 3 aromatic rings. The van der Waals surface area contributed by atoms with Crippen molar-refractivity contribution in [2.75, 3.05) is 0 Å². The highest BCUT2D eigenvalue weighted by molar-refractivity contribution is 7.97. The van der Waals surface area contributed by atoms with Gasteiger partial charge in [-0.05, 0) is 67.4 Å². The normalized spacial score (nSPS) is 11.0. The molecule has 1 N–H and O–H groups in total. The lowest BCUT2D eigenvalue weighted by atomic mass is 10.1. The number of hydrogen-bond acceptors (Lipinski definition) is 3. The number of nitrogens with one attached hydrogen (secondary N) is 1. The summed E-state index contributed by atoms with van der Waals surface area (Å²) < 4.78 is 2.69. The van der Waals surface area contributed by atoms with Crippen LogP contribution in [0.3, 0.4) is 0 Å². The van der Waals surface area contributed by atoms with Crippen LogP contribution in [0.2, 0.25) is 0 Å². The summed E-state index contributed by atoms with van der Waals surface area (Å²) in [5, 5.41) is 7.37. The van der Waals surface area contributed by atoms with E-state index in [-0.39, 0.29) is 0 Å². The van der Waals surface area contributed by atoms with Crippen LogP contribution in [0, 0.1) is 25.5 Å². The quantitative estimate of drug-likeness (QED) is 0.632. The van der Waals surface area contributed by atoms with Crippen molar-refractivity contribution in [1.82, 2.24) is 14.8 Å². The van der Waals surface area contributed by atoms with Crippen LogP contribution in [0.15, 0.2) is 42.5 Å². The van der Waals surface area contributed by atoms with Crippen LogP contribution in [-0.2, 0) is 11.5 Å². The number of nitrogens with zero attached hydrogens (tertiary/aromatic N) is 2. The lowest BCUT2D eigenvalue weighted by Gasteiger charge is -2.10. The fraction of sp³-hybridized carbons (Fsp3) is 0.263. The Kier molecular flexibility index (Phi) is 5.21. The van der Waals surface area contributed by atoms with E-state index in [4.69, 9.17) is 12.2 Å². The summed E-state index contributed by atoms with van der Waals surface area (Å²) >= 11 is 7.30. The van der Waals surface area contributed by atoms with Crippen LogP contribution in [0.25, 0.3) is 5.69 Å². The summed E-state index contributed by atoms with van der Waals surface area (Å²) in [6.45, 7) is 6.36. The summed E-state index contributed by atoms with van der Waals surface area (Å²) in [6.07, 6.45) is 0. The van der Waals surface area contributed by atoms with Crippen molar-refractivity contribution in [2.45, 2.75) is 32.3 Å². The molecular weight excluding hydrogens is 334 g/mol. The van der Waals surface area contributed by atoms with Gasteiger partial charge in [0, 0.05) is 5.75 Å². The molecule has 24 heavy (non-hydrogen) atoms. The first-order chi connectivity index (χ1) is 11.5. The third kappa shape index (κ3) is 3.79. The molecule has 0 aliphatic carbocycles. The van der Waals surface area contributed by atoms with E-state index in [1.54, 1.807) is 0 Å². The molecule has 0 amide bonds. The van der Waals surface area contributed by atoms with Gasteiger partial charge in [0.15, 0.2) is 4.77 Å². The van der Waals surface area contributed by atoms with Crippen molar-refractivity contribution in [2.24, 2.45) is 0 Å². The Morgan fingerprint density at radius 1 is 1.04 bits per heavy atom. The van der Waals surface area contributed by atoms with Gasteiger partial charge in [0.05, 0.1) is 11.4 Å². The first-order valence-corrected chi connectivity index (χ1v) is 9.48. The number of thioether (sulfide) groups is 1. The zero-order valence-corrected chi connectivity index (χ0v) is 15.8. The second kappa shape index (κ2) is 7.36. The summed E-state index contributed by atoms with van der Waals surface area (Å²) in [5.41, 5.74) is 6.24. The predicted molar refractivity (Wildman–Crippen MR) is 104 cm³/mol. The number of hydrogen-bond donors (Lipinski definition) is 1. The molecular formula is C19H21N3S2. The smallest absolute Gasteiger partial charge is 0.199 e. The van der Waals surface area contributed by atoms with Gasteiger partial charge in [-0.1, -0.05) is 30.3 Å². The summed E-state index contributed by atoms with van der Waals surface area (Å²) in [4.78, 5) is 0. The molecule has 1 heterocycles. The van der Waals surface area contributed by atoms with Crippen LogP contribution in [0.4, 0.5) is 0 Å². The van der Waals surface area contributed by atoms with E-state index in [1.165, 1.54) is 22.3 Å². The number of rotatable bonds is 5. The molecule has 0 radical (unpaired) electrons. The van der Waals surface area contributed by atoms with Gasteiger partial charge < -0.3 is 0 Å². The molecule has 3 nitrogen and oxygen atoms in total. The highest BCUT2D eigenvalue weighted by Gasteiger charge is 2.10. The third-order valence-corrected chi connectivity index (χ3v) is 5.21. The maximum Gasteiger partial charge on any atom is 0.199 e. The lowest BCUT2D eigenvalue weighted by molar-refractivity contribution is 0.945. The molecule has 0 aliphatic heterocycles. The summed E-state index contributed by atoms with van der Waals surface area (Å²) in [7, 11) is 0. The van der Waals surface area contributed by atoms with E-state index < -0.39 is 0 Å². The zero-order chi connectivity index (χ0) is 17.1. The van der Waals surface area contributed by atoms with Crippen molar-refractivity contribution in [3.8, 4) is 5.69 Å². The molecule has 2 aromatic carbocycles. The van der Waals surface area contributed by atoms with Gasteiger partial charge in [-0.25, -0.2) is 0 Å². The average molecular weight is 356 g/mol. The van der Waals surface area contributed by atoms with Crippen molar-refractivity contribution in [3.05, 3.63) is 75.3 Å². The minimum Gasteiger partial charge on any atom is -0.271 e. The van der Waals surface area contributed by atoms with Gasteiger partial charge in [0.25, 0.3) is 0 Å². The number of aryl methyl sites for hydroxylation is 3. The van der Waals surface area contributed by atoms with E-state index in [1.807, 2.05) is 16.3 Å². The van der Waals surface area contributed by atoms with Crippen LogP contribution in [0.1, 0.15) is 28.1 Å². The first-order valence-electron chi connectivity index (χ1n) is 7.92. The molecule has 0 atom stereocenters. The Labute approximate surface area is 152 Å². The number of benzene rings is 2. The average Bonchev–Trinajstić information content (AvgIpc) is 2.89. The van der Waals surface area contributed by atoms with E-state index in [9.17, 15) is 0 Å². The number of aromatic nitrogens is 3. The number of H-pyrrole nitrogens is 1.